The van der Waals surface area contributed by atoms with Crippen LogP contribution in [0.1, 0.15) is 28.7 Å². The van der Waals surface area contributed by atoms with Crippen LogP contribution in [0.15, 0.2) is 40.8 Å². The number of ether oxygens (including phenoxy) is 2. The zero-order valence-corrected chi connectivity index (χ0v) is 16.4. The van der Waals surface area contributed by atoms with Gasteiger partial charge in [-0.05, 0) is 42.8 Å². The second-order valence-electron chi connectivity index (χ2n) is 6.69. The quantitative estimate of drug-likeness (QED) is 0.674. The summed E-state index contributed by atoms with van der Waals surface area (Å²) in [6, 6.07) is 10.8. The highest BCUT2D eigenvalue weighted by molar-refractivity contribution is 5.96. The number of fused-ring (bicyclic) bond motifs is 1. The normalized spacial score (nSPS) is 12.0. The van der Waals surface area contributed by atoms with Crippen LogP contribution in [0, 0.1) is 0 Å². The summed E-state index contributed by atoms with van der Waals surface area (Å²) < 4.78 is 16.4. The fraction of sp³-hybridized carbons (Fsp3) is 0.333. The lowest BCUT2D eigenvalue weighted by atomic mass is 10.1. The van der Waals surface area contributed by atoms with E-state index in [-0.39, 0.29) is 12.5 Å². The molecule has 7 nitrogen and oxygen atoms in total. The molecule has 7 heteroatoms. The van der Waals surface area contributed by atoms with Gasteiger partial charge < -0.3 is 23.9 Å². The van der Waals surface area contributed by atoms with Crippen LogP contribution < -0.4 is 9.47 Å². The first-order valence-electron chi connectivity index (χ1n) is 8.95. The van der Waals surface area contributed by atoms with Crippen LogP contribution in [0.3, 0.4) is 0 Å². The smallest absolute Gasteiger partial charge is 0.253 e. The van der Waals surface area contributed by atoms with Gasteiger partial charge in [0.1, 0.15) is 5.52 Å². The molecule has 1 aromatic heterocycles. The number of aromatic nitrogens is 1. The summed E-state index contributed by atoms with van der Waals surface area (Å²) in [6.45, 7) is 1.90. The van der Waals surface area contributed by atoms with Crippen molar-refractivity contribution in [2.75, 3.05) is 27.8 Å². The maximum atomic E-state index is 12.5. The average Bonchev–Trinajstić information content (AvgIpc) is 3.07. The van der Waals surface area contributed by atoms with Crippen LogP contribution in [0.25, 0.3) is 11.1 Å². The number of methoxy groups -OCH3 is 2. The zero-order chi connectivity index (χ0) is 20.3. The monoisotopic (exact) mass is 384 g/mol. The molecule has 0 unspecified atom stereocenters. The fourth-order valence-corrected chi connectivity index (χ4v) is 3.05. The number of carbonyl (C=O) groups is 1. The third-order valence-electron chi connectivity index (χ3n) is 4.37. The number of nitrogens with zero attached hydrogens (tertiary/aromatic N) is 2. The summed E-state index contributed by atoms with van der Waals surface area (Å²) in [5.41, 5.74) is 2.69. The third kappa shape index (κ3) is 4.26. The molecule has 1 heterocycles. The lowest BCUT2D eigenvalue weighted by Crippen LogP contribution is -2.32. The minimum absolute atomic E-state index is 0.180. The van der Waals surface area contributed by atoms with E-state index in [0.717, 1.165) is 5.56 Å². The first-order chi connectivity index (χ1) is 13.4. The van der Waals surface area contributed by atoms with Gasteiger partial charge in [0.25, 0.3) is 5.91 Å². The summed E-state index contributed by atoms with van der Waals surface area (Å²) >= 11 is 0. The Kier molecular flexibility index (Phi) is 5.84. The van der Waals surface area contributed by atoms with Gasteiger partial charge >= 0.3 is 0 Å². The molecule has 0 bridgehead atoms. The predicted molar refractivity (Wildman–Crippen MR) is 105 cm³/mol. The number of carbonyl (C=O) groups excluding carboxylic acids is 1. The molecular formula is C21H24N2O5. The van der Waals surface area contributed by atoms with Gasteiger partial charge in [-0.3, -0.25) is 4.79 Å². The highest BCUT2D eigenvalue weighted by Gasteiger charge is 2.16. The minimum atomic E-state index is -0.587. The second kappa shape index (κ2) is 8.31. The topological polar surface area (TPSA) is 85.0 Å². The molecule has 0 aliphatic rings. The number of aliphatic hydroxyl groups is 1. The van der Waals surface area contributed by atoms with Crippen molar-refractivity contribution >= 4 is 17.0 Å². The Morgan fingerprint density at radius 2 is 1.93 bits per heavy atom. The van der Waals surface area contributed by atoms with Gasteiger partial charge in [-0.25, -0.2) is 4.98 Å². The van der Waals surface area contributed by atoms with E-state index in [0.29, 0.717) is 40.5 Å². The van der Waals surface area contributed by atoms with Gasteiger partial charge in [-0.1, -0.05) is 6.07 Å². The standard InChI is InChI=1S/C21H24N2O5/c1-13(24)12-23(2)21(25)15-6-7-16-18(11-15)28-20(22-16)10-14-5-8-17(26-3)19(9-14)27-4/h5-9,11,13,24H,10,12H2,1-4H3/t13-/m0/s1. The molecule has 1 atom stereocenters. The van der Waals surface area contributed by atoms with Gasteiger partial charge in [0.05, 0.1) is 20.3 Å². The lowest BCUT2D eigenvalue weighted by Gasteiger charge is -2.18. The molecule has 2 aromatic carbocycles. The van der Waals surface area contributed by atoms with Gasteiger partial charge in [-0.15, -0.1) is 0 Å². The number of aliphatic hydroxyl groups excluding tert-OH is 1. The summed E-state index contributed by atoms with van der Waals surface area (Å²) in [5, 5.41) is 9.46. The second-order valence-corrected chi connectivity index (χ2v) is 6.69. The van der Waals surface area contributed by atoms with Crippen molar-refractivity contribution in [1.82, 2.24) is 9.88 Å². The first kappa shape index (κ1) is 19.7. The number of oxazole rings is 1. The number of rotatable bonds is 7. The first-order valence-corrected chi connectivity index (χ1v) is 8.95. The molecule has 0 radical (unpaired) electrons. The summed E-state index contributed by atoms with van der Waals surface area (Å²) in [7, 11) is 4.84. The van der Waals surface area contributed by atoms with E-state index in [4.69, 9.17) is 13.9 Å². The third-order valence-corrected chi connectivity index (χ3v) is 4.37. The van der Waals surface area contributed by atoms with Crippen LogP contribution in [-0.2, 0) is 6.42 Å². The van der Waals surface area contributed by atoms with Crippen LogP contribution in [0.5, 0.6) is 11.5 Å². The number of hydrogen-bond donors (Lipinski definition) is 1. The number of amides is 1. The molecule has 0 aliphatic carbocycles. The Morgan fingerprint density at radius 1 is 1.18 bits per heavy atom. The summed E-state index contributed by atoms with van der Waals surface area (Å²) in [5.74, 6) is 1.67. The van der Waals surface area contributed by atoms with Gasteiger partial charge in [-0.2, -0.15) is 0 Å². The Labute approximate surface area is 163 Å². The Hall–Kier alpha value is -3.06. The number of likely N-dealkylation sites (N-methyl/N-ethyl adjacent to an activating group) is 1. The molecule has 3 aromatic rings. The number of hydrogen-bond acceptors (Lipinski definition) is 6. The molecule has 0 fully saturated rings. The minimum Gasteiger partial charge on any atom is -0.493 e. The molecule has 1 amide bonds. The molecule has 148 valence electrons. The fourth-order valence-electron chi connectivity index (χ4n) is 3.05. The van der Waals surface area contributed by atoms with E-state index >= 15 is 0 Å². The zero-order valence-electron chi connectivity index (χ0n) is 16.4. The van der Waals surface area contributed by atoms with Crippen LogP contribution >= 0.6 is 0 Å². The lowest BCUT2D eigenvalue weighted by molar-refractivity contribution is 0.0704. The number of benzene rings is 2. The van der Waals surface area contributed by atoms with E-state index < -0.39 is 6.10 Å². The molecule has 3 rings (SSSR count). The van der Waals surface area contributed by atoms with Crippen molar-refractivity contribution < 1.29 is 23.8 Å². The van der Waals surface area contributed by atoms with Gasteiger partial charge in [0, 0.05) is 25.6 Å². The van der Waals surface area contributed by atoms with Gasteiger partial charge in [0.15, 0.2) is 23.0 Å². The van der Waals surface area contributed by atoms with E-state index in [9.17, 15) is 9.90 Å². The predicted octanol–water partition coefficient (Wildman–Crippen LogP) is 2.89. The van der Waals surface area contributed by atoms with E-state index in [1.807, 2.05) is 18.2 Å². The van der Waals surface area contributed by atoms with E-state index in [1.165, 1.54) is 4.90 Å². The van der Waals surface area contributed by atoms with Crippen LogP contribution in [0.2, 0.25) is 0 Å². The average molecular weight is 384 g/mol. The van der Waals surface area contributed by atoms with Crippen molar-refractivity contribution in [1.29, 1.82) is 0 Å². The Morgan fingerprint density at radius 3 is 2.61 bits per heavy atom. The highest BCUT2D eigenvalue weighted by Crippen LogP contribution is 2.29. The molecule has 0 saturated heterocycles. The Balaban J connectivity index is 1.82. The van der Waals surface area contributed by atoms with Crippen LogP contribution in [-0.4, -0.2) is 54.8 Å². The SMILES string of the molecule is COc1ccc(Cc2nc3ccc(C(=O)N(C)C[C@H](C)O)cc3o2)cc1OC. The molecule has 0 spiro atoms. The maximum Gasteiger partial charge on any atom is 0.253 e. The van der Waals surface area contributed by atoms with Crippen LogP contribution in [0.4, 0.5) is 0 Å². The molecule has 0 saturated carbocycles. The van der Waals surface area contributed by atoms with Crippen molar-refractivity contribution in [2.24, 2.45) is 0 Å². The van der Waals surface area contributed by atoms with E-state index in [1.54, 1.807) is 46.4 Å². The van der Waals surface area contributed by atoms with Crippen molar-refractivity contribution in [3.63, 3.8) is 0 Å². The van der Waals surface area contributed by atoms with Crippen molar-refractivity contribution in [3.05, 3.63) is 53.4 Å². The molecule has 28 heavy (non-hydrogen) atoms. The van der Waals surface area contributed by atoms with Crippen molar-refractivity contribution in [2.45, 2.75) is 19.4 Å². The van der Waals surface area contributed by atoms with Crippen molar-refractivity contribution in [3.8, 4) is 11.5 Å². The molecule has 1 N–H and O–H groups in total. The largest absolute Gasteiger partial charge is 0.493 e. The van der Waals surface area contributed by atoms with Gasteiger partial charge in [0.2, 0.25) is 0 Å². The molecule has 0 aliphatic heterocycles. The summed E-state index contributed by atoms with van der Waals surface area (Å²) in [6.07, 6.45) is -0.101. The Bertz CT molecular complexity index is 980. The van der Waals surface area contributed by atoms with E-state index in [2.05, 4.69) is 4.98 Å². The highest BCUT2D eigenvalue weighted by atomic mass is 16.5. The maximum absolute atomic E-state index is 12.5. The summed E-state index contributed by atoms with van der Waals surface area (Å²) in [4.78, 5) is 18.5. The molecular weight excluding hydrogens is 360 g/mol.